The number of hydrogen-bond acceptors (Lipinski definition) is 1. The van der Waals surface area contributed by atoms with E-state index in [4.69, 9.17) is 4.43 Å². The van der Waals surface area contributed by atoms with Crippen molar-refractivity contribution in [3.63, 3.8) is 0 Å². The summed E-state index contributed by atoms with van der Waals surface area (Å²) in [5.74, 6) is 0. The van der Waals surface area contributed by atoms with E-state index in [0.29, 0.717) is 16.6 Å². The van der Waals surface area contributed by atoms with Crippen molar-refractivity contribution in [2.24, 2.45) is 0 Å². The van der Waals surface area contributed by atoms with E-state index in [2.05, 4.69) is 60.6 Å². The maximum atomic E-state index is 12.9. The minimum atomic E-state index is -1.88. The van der Waals surface area contributed by atoms with Gasteiger partial charge >= 0.3 is 0 Å². The average molecular weight is 351 g/mol. The number of hydrogen-bond donors (Lipinski definition) is 0. The molecule has 0 aromatic heterocycles. The van der Waals surface area contributed by atoms with Gasteiger partial charge in [0.1, 0.15) is 6.17 Å². The first-order chi connectivity index (χ1) is 11.1. The van der Waals surface area contributed by atoms with Crippen LogP contribution in [0.25, 0.3) is 6.08 Å². The van der Waals surface area contributed by atoms with Crippen molar-refractivity contribution in [2.45, 2.75) is 84.3 Å². The molecule has 3 heteroatoms. The second-order valence-electron chi connectivity index (χ2n) is 7.78. The maximum Gasteiger partial charge on any atom is 0.201 e. The lowest BCUT2D eigenvalue weighted by atomic mass is 10.1. The summed E-state index contributed by atoms with van der Waals surface area (Å²) >= 11 is 0. The number of benzene rings is 1. The standard InChI is InChI=1S/C21H35FOSi/c1-15(2)24(16(3)4,17(5)6)23-19(8)21-13-11-20(12-14-21)10-9-18(7)22/h9-19H,1-8H3/b10-9+. The molecular formula is C21H35FOSi. The van der Waals surface area contributed by atoms with Gasteiger partial charge in [0.2, 0.25) is 8.32 Å². The Morgan fingerprint density at radius 1 is 0.833 bits per heavy atom. The predicted octanol–water partition coefficient (Wildman–Crippen LogP) is 7.31. The third-order valence-corrected chi connectivity index (χ3v) is 11.2. The van der Waals surface area contributed by atoms with Crippen LogP contribution >= 0.6 is 0 Å². The third kappa shape index (κ3) is 5.03. The Hall–Kier alpha value is -0.933. The summed E-state index contributed by atoms with van der Waals surface area (Å²) in [6.45, 7) is 17.6. The van der Waals surface area contributed by atoms with Crippen LogP contribution < -0.4 is 0 Å². The fraction of sp³-hybridized carbons (Fsp3) is 0.619. The minimum absolute atomic E-state index is 0.0852. The van der Waals surface area contributed by atoms with Crippen molar-refractivity contribution in [1.29, 1.82) is 0 Å². The van der Waals surface area contributed by atoms with Crippen LogP contribution in [0.2, 0.25) is 16.6 Å². The van der Waals surface area contributed by atoms with E-state index in [1.165, 1.54) is 12.5 Å². The molecule has 0 saturated carbocycles. The quantitative estimate of drug-likeness (QED) is 0.446. The van der Waals surface area contributed by atoms with Crippen molar-refractivity contribution in [1.82, 2.24) is 0 Å². The molecule has 0 saturated heterocycles. The van der Waals surface area contributed by atoms with Crippen molar-refractivity contribution >= 4 is 14.4 Å². The first-order valence-corrected chi connectivity index (χ1v) is 11.3. The topological polar surface area (TPSA) is 9.23 Å². The summed E-state index contributed by atoms with van der Waals surface area (Å²) in [6.07, 6.45) is 2.57. The highest BCUT2D eigenvalue weighted by atomic mass is 28.4. The molecule has 0 bridgehead atoms. The van der Waals surface area contributed by atoms with E-state index >= 15 is 0 Å². The predicted molar refractivity (Wildman–Crippen MR) is 107 cm³/mol. The van der Waals surface area contributed by atoms with Gasteiger partial charge in [-0.15, -0.1) is 0 Å². The molecule has 2 atom stereocenters. The van der Waals surface area contributed by atoms with Crippen LogP contribution in [0.5, 0.6) is 0 Å². The second kappa shape index (κ2) is 8.96. The summed E-state index contributed by atoms with van der Waals surface area (Å²) in [7, 11) is -1.88. The van der Waals surface area contributed by atoms with Gasteiger partial charge in [-0.1, -0.05) is 78.0 Å². The Kier molecular flexibility index (Phi) is 7.88. The zero-order chi connectivity index (χ0) is 18.5. The molecular weight excluding hydrogens is 315 g/mol. The average Bonchev–Trinajstić information content (AvgIpc) is 2.49. The van der Waals surface area contributed by atoms with Gasteiger partial charge in [-0.2, -0.15) is 0 Å². The lowest BCUT2D eigenvalue weighted by Gasteiger charge is -2.44. The first kappa shape index (κ1) is 21.1. The Labute approximate surface area is 149 Å². The van der Waals surface area contributed by atoms with Crippen molar-refractivity contribution in [3.05, 3.63) is 41.5 Å². The molecule has 24 heavy (non-hydrogen) atoms. The molecule has 136 valence electrons. The lowest BCUT2D eigenvalue weighted by Crippen LogP contribution is -2.48. The monoisotopic (exact) mass is 350 g/mol. The van der Waals surface area contributed by atoms with E-state index in [1.54, 1.807) is 6.08 Å². The van der Waals surface area contributed by atoms with Crippen LogP contribution in [-0.2, 0) is 4.43 Å². The molecule has 0 amide bonds. The molecule has 2 unspecified atom stereocenters. The lowest BCUT2D eigenvalue weighted by molar-refractivity contribution is 0.194. The summed E-state index contributed by atoms with van der Waals surface area (Å²) in [6, 6.07) is 8.29. The Morgan fingerprint density at radius 2 is 1.29 bits per heavy atom. The summed E-state index contributed by atoms with van der Waals surface area (Å²) in [4.78, 5) is 0. The highest BCUT2D eigenvalue weighted by molar-refractivity contribution is 6.77. The van der Waals surface area contributed by atoms with Crippen LogP contribution in [0.15, 0.2) is 30.3 Å². The Bertz CT molecular complexity index is 495. The van der Waals surface area contributed by atoms with Gasteiger partial charge < -0.3 is 4.43 Å². The Morgan fingerprint density at radius 3 is 1.67 bits per heavy atom. The van der Waals surface area contributed by atoms with Gasteiger partial charge in [-0.3, -0.25) is 0 Å². The van der Waals surface area contributed by atoms with Gasteiger partial charge in [-0.25, -0.2) is 4.39 Å². The minimum Gasteiger partial charge on any atom is -0.409 e. The summed E-state index contributed by atoms with van der Waals surface area (Å²) in [5.41, 5.74) is 3.95. The van der Waals surface area contributed by atoms with Crippen molar-refractivity contribution in [2.75, 3.05) is 0 Å². The van der Waals surface area contributed by atoms with Gasteiger partial charge in [0, 0.05) is 0 Å². The second-order valence-corrected chi connectivity index (χ2v) is 13.2. The van der Waals surface area contributed by atoms with E-state index in [0.717, 1.165) is 5.56 Å². The Balaban J connectivity index is 2.98. The third-order valence-electron chi connectivity index (χ3n) is 5.05. The SMILES string of the molecule is CC(F)/C=C/c1ccc(C(C)O[Si](C(C)C)(C(C)C)C(C)C)cc1. The number of halogens is 1. The van der Waals surface area contributed by atoms with Gasteiger partial charge in [-0.05, 0) is 41.6 Å². The highest BCUT2D eigenvalue weighted by Crippen LogP contribution is 2.44. The fourth-order valence-electron chi connectivity index (χ4n) is 3.90. The molecule has 0 aliphatic carbocycles. The molecule has 1 aromatic rings. The van der Waals surface area contributed by atoms with E-state index < -0.39 is 14.5 Å². The molecule has 0 aliphatic rings. The zero-order valence-corrected chi connectivity index (χ0v) is 17.6. The molecule has 1 aromatic carbocycles. The molecule has 0 N–H and O–H groups in total. The molecule has 0 spiro atoms. The van der Waals surface area contributed by atoms with Gasteiger partial charge in [0.05, 0.1) is 6.10 Å². The summed E-state index contributed by atoms with van der Waals surface area (Å²) < 4.78 is 19.7. The van der Waals surface area contributed by atoms with E-state index in [1.807, 2.05) is 18.2 Å². The van der Waals surface area contributed by atoms with Crippen molar-refractivity contribution in [3.8, 4) is 0 Å². The zero-order valence-electron chi connectivity index (χ0n) is 16.6. The van der Waals surface area contributed by atoms with E-state index in [-0.39, 0.29) is 6.10 Å². The van der Waals surface area contributed by atoms with Gasteiger partial charge in [0.15, 0.2) is 0 Å². The van der Waals surface area contributed by atoms with Crippen molar-refractivity contribution < 1.29 is 8.82 Å². The van der Waals surface area contributed by atoms with Crippen LogP contribution in [0.4, 0.5) is 4.39 Å². The molecule has 1 nitrogen and oxygen atoms in total. The molecule has 1 rings (SSSR count). The van der Waals surface area contributed by atoms with Crippen LogP contribution in [-0.4, -0.2) is 14.5 Å². The largest absolute Gasteiger partial charge is 0.409 e. The first-order valence-electron chi connectivity index (χ1n) is 9.21. The van der Waals surface area contributed by atoms with Crippen LogP contribution in [0, 0.1) is 0 Å². The number of alkyl halides is 1. The smallest absolute Gasteiger partial charge is 0.201 e. The molecule has 0 fully saturated rings. The van der Waals surface area contributed by atoms with Crippen LogP contribution in [0.1, 0.15) is 72.6 Å². The molecule has 0 heterocycles. The molecule has 0 aliphatic heterocycles. The highest BCUT2D eigenvalue weighted by Gasteiger charge is 2.46. The number of allylic oxidation sites excluding steroid dienone is 1. The van der Waals surface area contributed by atoms with Crippen LogP contribution in [0.3, 0.4) is 0 Å². The summed E-state index contributed by atoms with van der Waals surface area (Å²) in [5, 5.41) is 0. The number of rotatable bonds is 8. The van der Waals surface area contributed by atoms with Gasteiger partial charge in [0.25, 0.3) is 0 Å². The molecule has 0 radical (unpaired) electrons. The maximum absolute atomic E-state index is 12.9. The normalized spacial score (nSPS) is 15.7. The fourth-order valence-corrected chi connectivity index (χ4v) is 9.47. The van der Waals surface area contributed by atoms with E-state index in [9.17, 15) is 4.39 Å².